The molecule has 2 amide bonds. The van der Waals surface area contributed by atoms with Crippen molar-refractivity contribution in [2.45, 2.75) is 19.6 Å². The van der Waals surface area contributed by atoms with Crippen LogP contribution in [0.3, 0.4) is 0 Å². The van der Waals surface area contributed by atoms with Crippen LogP contribution in [0.15, 0.2) is 42.5 Å². The summed E-state index contributed by atoms with van der Waals surface area (Å²) in [5.41, 5.74) is 1.41. The molecular formula is C17H16F4N2O2. The van der Waals surface area contributed by atoms with E-state index in [1.54, 1.807) is 13.0 Å². The van der Waals surface area contributed by atoms with Gasteiger partial charge in [0, 0.05) is 17.8 Å². The van der Waals surface area contributed by atoms with Gasteiger partial charge in [0.2, 0.25) is 0 Å². The van der Waals surface area contributed by atoms with E-state index in [1.165, 1.54) is 36.4 Å². The molecule has 0 heterocycles. The molecule has 25 heavy (non-hydrogen) atoms. The molecule has 2 aromatic rings. The Morgan fingerprint density at radius 3 is 2.44 bits per heavy atom. The van der Waals surface area contributed by atoms with Crippen LogP contribution in [0, 0.1) is 12.7 Å². The lowest BCUT2D eigenvalue weighted by Gasteiger charge is -2.15. The van der Waals surface area contributed by atoms with Crippen molar-refractivity contribution in [3.8, 4) is 5.75 Å². The molecule has 0 unspecified atom stereocenters. The first-order valence-corrected chi connectivity index (χ1v) is 7.33. The molecule has 2 aromatic carbocycles. The highest BCUT2D eigenvalue weighted by molar-refractivity contribution is 5.90. The third-order valence-corrected chi connectivity index (χ3v) is 3.29. The van der Waals surface area contributed by atoms with Gasteiger partial charge in [-0.1, -0.05) is 18.2 Å². The number of anilines is 1. The number of benzene rings is 2. The Balaban J connectivity index is 1.94. The van der Waals surface area contributed by atoms with Crippen molar-refractivity contribution in [1.82, 2.24) is 5.32 Å². The lowest BCUT2D eigenvalue weighted by Crippen LogP contribution is -2.28. The summed E-state index contributed by atoms with van der Waals surface area (Å²) in [7, 11) is 0. The van der Waals surface area contributed by atoms with Gasteiger partial charge in [0.1, 0.15) is 11.6 Å². The fourth-order valence-electron chi connectivity index (χ4n) is 2.02. The molecule has 2 N–H and O–H groups in total. The smallest absolute Gasteiger partial charge is 0.422 e. The molecule has 4 nitrogen and oxygen atoms in total. The van der Waals surface area contributed by atoms with Crippen LogP contribution in [-0.4, -0.2) is 18.8 Å². The molecule has 0 saturated heterocycles. The van der Waals surface area contributed by atoms with E-state index in [1.807, 2.05) is 0 Å². The van der Waals surface area contributed by atoms with Crippen molar-refractivity contribution < 1.29 is 27.1 Å². The standard InChI is InChI=1S/C17H16F4N2O2/c1-11-14(3-2-4-15(11)25-10-17(19,20)21)23-16(24)22-9-12-5-7-13(18)8-6-12/h2-8H,9-10H2,1H3,(H2,22,23,24). The molecular weight excluding hydrogens is 340 g/mol. The molecule has 8 heteroatoms. The maximum atomic E-state index is 12.8. The highest BCUT2D eigenvalue weighted by Crippen LogP contribution is 2.27. The SMILES string of the molecule is Cc1c(NC(=O)NCc2ccc(F)cc2)cccc1OCC(F)(F)F. The van der Waals surface area contributed by atoms with Crippen molar-refractivity contribution >= 4 is 11.7 Å². The van der Waals surface area contributed by atoms with Crippen LogP contribution in [0.2, 0.25) is 0 Å². The first-order valence-electron chi connectivity index (χ1n) is 7.33. The number of ether oxygens (including phenoxy) is 1. The number of amides is 2. The van der Waals surface area contributed by atoms with Gasteiger partial charge >= 0.3 is 12.2 Å². The molecule has 0 aliphatic heterocycles. The lowest BCUT2D eigenvalue weighted by molar-refractivity contribution is -0.153. The summed E-state index contributed by atoms with van der Waals surface area (Å²) < 4.78 is 54.3. The Bertz CT molecular complexity index is 730. The topological polar surface area (TPSA) is 50.4 Å². The van der Waals surface area contributed by atoms with Gasteiger partial charge < -0.3 is 15.4 Å². The number of alkyl halides is 3. The first-order chi connectivity index (χ1) is 11.7. The van der Waals surface area contributed by atoms with Crippen LogP contribution in [0.5, 0.6) is 5.75 Å². The second-order valence-corrected chi connectivity index (χ2v) is 5.27. The summed E-state index contributed by atoms with van der Waals surface area (Å²) in [5, 5.41) is 5.12. The Morgan fingerprint density at radius 2 is 1.80 bits per heavy atom. The molecule has 0 fully saturated rings. The minimum absolute atomic E-state index is 0.0358. The average molecular weight is 356 g/mol. The number of hydrogen-bond donors (Lipinski definition) is 2. The van der Waals surface area contributed by atoms with E-state index in [4.69, 9.17) is 4.74 Å². The summed E-state index contributed by atoms with van der Waals surface area (Å²) >= 11 is 0. The van der Waals surface area contributed by atoms with E-state index in [-0.39, 0.29) is 18.1 Å². The van der Waals surface area contributed by atoms with Crippen LogP contribution < -0.4 is 15.4 Å². The van der Waals surface area contributed by atoms with Crippen molar-refractivity contribution in [1.29, 1.82) is 0 Å². The number of urea groups is 1. The van der Waals surface area contributed by atoms with Gasteiger partial charge in [-0.15, -0.1) is 0 Å². The number of rotatable bonds is 5. The third kappa shape index (κ3) is 5.98. The van der Waals surface area contributed by atoms with Gasteiger partial charge in [0.15, 0.2) is 6.61 Å². The van der Waals surface area contributed by atoms with Crippen molar-refractivity contribution in [2.75, 3.05) is 11.9 Å². The van der Waals surface area contributed by atoms with Crippen LogP contribution >= 0.6 is 0 Å². The van der Waals surface area contributed by atoms with Gasteiger partial charge in [-0.05, 0) is 36.8 Å². The van der Waals surface area contributed by atoms with Crippen LogP contribution in [-0.2, 0) is 6.54 Å². The highest BCUT2D eigenvalue weighted by atomic mass is 19.4. The van der Waals surface area contributed by atoms with Crippen LogP contribution in [0.4, 0.5) is 28.0 Å². The van der Waals surface area contributed by atoms with Crippen LogP contribution in [0.25, 0.3) is 0 Å². The highest BCUT2D eigenvalue weighted by Gasteiger charge is 2.28. The Labute approximate surface area is 141 Å². The Kier molecular flexibility index (Phi) is 5.84. The van der Waals surface area contributed by atoms with Crippen molar-refractivity contribution in [2.24, 2.45) is 0 Å². The second kappa shape index (κ2) is 7.87. The number of hydrogen-bond acceptors (Lipinski definition) is 2. The fraction of sp³-hybridized carbons (Fsp3) is 0.235. The second-order valence-electron chi connectivity index (χ2n) is 5.27. The van der Waals surface area contributed by atoms with Gasteiger partial charge in [0.05, 0.1) is 0 Å². The Morgan fingerprint density at radius 1 is 1.12 bits per heavy atom. The van der Waals surface area contributed by atoms with E-state index in [0.29, 0.717) is 16.8 Å². The van der Waals surface area contributed by atoms with Gasteiger partial charge in [0.25, 0.3) is 0 Å². The number of halogens is 4. The zero-order chi connectivity index (χ0) is 18.4. The molecule has 0 atom stereocenters. The predicted octanol–water partition coefficient (Wildman–Crippen LogP) is 4.40. The maximum Gasteiger partial charge on any atom is 0.422 e. The zero-order valence-electron chi connectivity index (χ0n) is 13.3. The molecule has 0 bridgehead atoms. The minimum Gasteiger partial charge on any atom is -0.484 e. The van der Waals surface area contributed by atoms with Gasteiger partial charge in [-0.3, -0.25) is 0 Å². The number of carbonyl (C=O) groups excluding carboxylic acids is 1. The molecule has 0 aliphatic carbocycles. The molecule has 0 spiro atoms. The monoisotopic (exact) mass is 356 g/mol. The summed E-state index contributed by atoms with van der Waals surface area (Å²) in [6, 6.07) is 9.50. The molecule has 0 aromatic heterocycles. The average Bonchev–Trinajstić information content (AvgIpc) is 2.54. The third-order valence-electron chi connectivity index (χ3n) is 3.29. The summed E-state index contributed by atoms with van der Waals surface area (Å²) in [5.74, 6) is -0.340. The molecule has 0 saturated carbocycles. The quantitative estimate of drug-likeness (QED) is 0.781. The van der Waals surface area contributed by atoms with Gasteiger partial charge in [-0.2, -0.15) is 13.2 Å². The molecule has 0 radical (unpaired) electrons. The maximum absolute atomic E-state index is 12.8. The van der Waals surface area contributed by atoms with E-state index in [9.17, 15) is 22.4 Å². The summed E-state index contributed by atoms with van der Waals surface area (Å²) in [6.45, 7) is 0.310. The zero-order valence-corrected chi connectivity index (χ0v) is 13.3. The first kappa shape index (κ1) is 18.6. The van der Waals surface area contributed by atoms with Gasteiger partial charge in [-0.25, -0.2) is 9.18 Å². The molecule has 0 aliphatic rings. The lowest BCUT2D eigenvalue weighted by atomic mass is 10.2. The number of carbonyl (C=O) groups is 1. The number of nitrogens with one attached hydrogen (secondary N) is 2. The Hall–Kier alpha value is -2.77. The van der Waals surface area contributed by atoms with Crippen LogP contribution in [0.1, 0.15) is 11.1 Å². The normalized spacial score (nSPS) is 11.1. The van der Waals surface area contributed by atoms with E-state index >= 15 is 0 Å². The van der Waals surface area contributed by atoms with Crippen molar-refractivity contribution in [3.05, 3.63) is 59.4 Å². The minimum atomic E-state index is -4.44. The fourth-order valence-corrected chi connectivity index (χ4v) is 2.02. The molecule has 2 rings (SSSR count). The molecule has 134 valence electrons. The van der Waals surface area contributed by atoms with Crippen molar-refractivity contribution in [3.63, 3.8) is 0 Å². The van der Waals surface area contributed by atoms with E-state index in [2.05, 4.69) is 10.6 Å². The van der Waals surface area contributed by atoms with E-state index in [0.717, 1.165) is 0 Å². The summed E-state index contributed by atoms with van der Waals surface area (Å²) in [4.78, 5) is 11.9. The summed E-state index contributed by atoms with van der Waals surface area (Å²) in [6.07, 6.45) is -4.44. The predicted molar refractivity (Wildman–Crippen MR) is 85.0 cm³/mol. The van der Waals surface area contributed by atoms with E-state index < -0.39 is 18.8 Å². The largest absolute Gasteiger partial charge is 0.484 e.